The molecule has 0 spiro atoms. The summed E-state index contributed by atoms with van der Waals surface area (Å²) in [4.78, 5) is 10.1. The maximum atomic E-state index is 10.1. The molecule has 82 valence electrons. The highest BCUT2D eigenvalue weighted by Crippen LogP contribution is 2.05. The first kappa shape index (κ1) is 13.2. The summed E-state index contributed by atoms with van der Waals surface area (Å²) in [7, 11) is 0. The predicted molar refractivity (Wildman–Crippen MR) is 56.1 cm³/mol. The first-order valence-corrected chi connectivity index (χ1v) is 5.13. The Labute approximate surface area is 86.1 Å². The molecule has 0 heterocycles. The fourth-order valence-electron chi connectivity index (χ4n) is 0.978. The second-order valence-corrected chi connectivity index (χ2v) is 2.94. The number of esters is 1. The average molecular weight is 200 g/mol. The Hall–Kier alpha value is -0.830. The molecule has 0 saturated heterocycles. The van der Waals surface area contributed by atoms with Crippen molar-refractivity contribution < 1.29 is 14.3 Å². The van der Waals surface area contributed by atoms with E-state index in [0.717, 1.165) is 0 Å². The Balaban J connectivity index is 0.000000280. The van der Waals surface area contributed by atoms with Crippen LogP contribution in [0.5, 0.6) is 0 Å². The Kier molecular flexibility index (Phi) is 9.64. The van der Waals surface area contributed by atoms with Gasteiger partial charge in [0.2, 0.25) is 0 Å². The van der Waals surface area contributed by atoms with E-state index in [4.69, 9.17) is 4.74 Å². The molecule has 0 fully saturated rings. The number of carbonyl (C=O) groups is 1. The van der Waals surface area contributed by atoms with Crippen LogP contribution in [0, 0.1) is 0 Å². The quantitative estimate of drug-likeness (QED) is 0.397. The van der Waals surface area contributed by atoms with Crippen molar-refractivity contribution >= 4 is 5.97 Å². The van der Waals surface area contributed by atoms with Crippen LogP contribution in [0.2, 0.25) is 0 Å². The Morgan fingerprint density at radius 3 is 2.29 bits per heavy atom. The highest BCUT2D eigenvalue weighted by Gasteiger charge is 1.89. The molecule has 0 unspecified atom stereocenters. The van der Waals surface area contributed by atoms with Crippen molar-refractivity contribution in [1.82, 2.24) is 0 Å². The van der Waals surface area contributed by atoms with Crippen molar-refractivity contribution in [3.8, 4) is 0 Å². The maximum absolute atomic E-state index is 10.1. The number of allylic oxidation sites excluding steroid dienone is 2. The van der Waals surface area contributed by atoms with E-state index in [-0.39, 0.29) is 5.97 Å². The zero-order chi connectivity index (χ0) is 10.6. The number of hydrogen-bond donors (Lipinski definition) is 0. The van der Waals surface area contributed by atoms with Gasteiger partial charge in [-0.2, -0.15) is 0 Å². The molecule has 0 atom stereocenters. The van der Waals surface area contributed by atoms with E-state index in [1.54, 1.807) is 0 Å². The highest BCUT2D eigenvalue weighted by molar-refractivity contribution is 5.65. The van der Waals surface area contributed by atoms with E-state index < -0.39 is 0 Å². The van der Waals surface area contributed by atoms with Gasteiger partial charge >= 0.3 is 5.97 Å². The third-order valence-corrected chi connectivity index (χ3v) is 1.65. The van der Waals surface area contributed by atoms with Crippen LogP contribution in [0.15, 0.2) is 12.2 Å². The van der Waals surface area contributed by atoms with Crippen LogP contribution >= 0.6 is 0 Å². The fourth-order valence-corrected chi connectivity index (χ4v) is 0.978. The minimum atomic E-state index is -0.255. The molecule has 0 aromatic carbocycles. The molecule has 0 aliphatic heterocycles. The van der Waals surface area contributed by atoms with Gasteiger partial charge < -0.3 is 9.47 Å². The van der Waals surface area contributed by atoms with Gasteiger partial charge in [-0.25, -0.2) is 0 Å². The van der Waals surface area contributed by atoms with Crippen LogP contribution in [0.1, 0.15) is 33.1 Å². The summed E-state index contributed by atoms with van der Waals surface area (Å²) in [5.74, 6) is -0.255. The lowest BCUT2D eigenvalue weighted by atomic mass is 10.4. The van der Waals surface area contributed by atoms with E-state index in [0.29, 0.717) is 19.8 Å². The zero-order valence-electron chi connectivity index (χ0n) is 9.12. The van der Waals surface area contributed by atoms with Crippen LogP contribution in [0.4, 0.5) is 0 Å². The van der Waals surface area contributed by atoms with Gasteiger partial charge in [0.1, 0.15) is 6.61 Å². The largest absolute Gasteiger partial charge is 0.463 e. The Morgan fingerprint density at radius 2 is 1.93 bits per heavy atom. The summed E-state index contributed by atoms with van der Waals surface area (Å²) in [5.41, 5.74) is 0. The number of hydrogen-bond acceptors (Lipinski definition) is 3. The number of ether oxygens (including phenoxy) is 2. The molecule has 0 aromatic rings. The molecule has 0 N–H and O–H groups in total. The van der Waals surface area contributed by atoms with E-state index in [1.807, 2.05) is 6.92 Å². The molecule has 3 nitrogen and oxygen atoms in total. The van der Waals surface area contributed by atoms with Gasteiger partial charge in [0.25, 0.3) is 0 Å². The summed E-state index contributed by atoms with van der Waals surface area (Å²) < 4.78 is 9.49. The average Bonchev–Trinajstić information content (AvgIpc) is 2.70. The maximum Gasteiger partial charge on any atom is 0.302 e. The second-order valence-electron chi connectivity index (χ2n) is 2.94. The van der Waals surface area contributed by atoms with Crippen LogP contribution < -0.4 is 0 Å². The lowest BCUT2D eigenvalue weighted by Crippen LogP contribution is -2.06. The van der Waals surface area contributed by atoms with Crippen molar-refractivity contribution in [3.05, 3.63) is 12.2 Å². The van der Waals surface area contributed by atoms with Gasteiger partial charge in [0, 0.05) is 13.5 Å². The minimum absolute atomic E-state index is 0.255. The van der Waals surface area contributed by atoms with Gasteiger partial charge in [0.15, 0.2) is 0 Å². The summed E-state index contributed by atoms with van der Waals surface area (Å²) in [5, 5.41) is 0. The second kappa shape index (κ2) is 10.3. The molecule has 0 saturated carbocycles. The lowest BCUT2D eigenvalue weighted by Gasteiger charge is -1.99. The van der Waals surface area contributed by atoms with Gasteiger partial charge in [-0.1, -0.05) is 12.2 Å². The smallest absolute Gasteiger partial charge is 0.302 e. The van der Waals surface area contributed by atoms with Gasteiger partial charge in [-0.15, -0.1) is 0 Å². The van der Waals surface area contributed by atoms with Crippen LogP contribution in [0.3, 0.4) is 0 Å². The molecule has 3 heteroatoms. The van der Waals surface area contributed by atoms with Crippen LogP contribution in [0.25, 0.3) is 0 Å². The van der Waals surface area contributed by atoms with Gasteiger partial charge in [-0.05, 0) is 26.2 Å². The summed E-state index contributed by atoms with van der Waals surface area (Å²) in [6.07, 6.45) is 8.50. The third-order valence-electron chi connectivity index (χ3n) is 1.65. The molecule has 1 aliphatic rings. The first-order chi connectivity index (χ1) is 6.77. The van der Waals surface area contributed by atoms with Crippen LogP contribution in [-0.4, -0.2) is 25.8 Å². The SMILES string of the molecule is C1=CCCC1.CCOCCOC(C)=O. The standard InChI is InChI=1S/C6H12O3.C5H8/c1-3-8-4-5-9-6(2)7;1-2-4-5-3-1/h3-5H2,1-2H3;1-2H,3-5H2. The van der Waals surface area contributed by atoms with Crippen molar-refractivity contribution in [2.45, 2.75) is 33.1 Å². The lowest BCUT2D eigenvalue weighted by molar-refractivity contribution is -0.142. The third kappa shape index (κ3) is 11.2. The Bertz CT molecular complexity index is 158. The number of rotatable bonds is 4. The zero-order valence-corrected chi connectivity index (χ0v) is 9.12. The molecule has 0 amide bonds. The molecule has 0 radical (unpaired) electrons. The predicted octanol–water partition coefficient (Wildman–Crippen LogP) is 2.31. The molecule has 14 heavy (non-hydrogen) atoms. The van der Waals surface area contributed by atoms with Crippen molar-refractivity contribution in [2.75, 3.05) is 19.8 Å². The van der Waals surface area contributed by atoms with E-state index >= 15 is 0 Å². The van der Waals surface area contributed by atoms with Crippen LogP contribution in [-0.2, 0) is 14.3 Å². The van der Waals surface area contributed by atoms with Crippen molar-refractivity contribution in [2.24, 2.45) is 0 Å². The monoisotopic (exact) mass is 200 g/mol. The van der Waals surface area contributed by atoms with Gasteiger partial charge in [-0.3, -0.25) is 4.79 Å². The van der Waals surface area contributed by atoms with Gasteiger partial charge in [0.05, 0.1) is 6.61 Å². The highest BCUT2D eigenvalue weighted by atomic mass is 16.6. The summed E-state index contributed by atoms with van der Waals surface area (Å²) >= 11 is 0. The minimum Gasteiger partial charge on any atom is -0.463 e. The molecule has 0 bridgehead atoms. The van der Waals surface area contributed by atoms with Crippen molar-refractivity contribution in [3.63, 3.8) is 0 Å². The topological polar surface area (TPSA) is 35.5 Å². The van der Waals surface area contributed by atoms with E-state index in [1.165, 1.54) is 26.2 Å². The summed E-state index contributed by atoms with van der Waals surface area (Å²) in [6, 6.07) is 0. The molecule has 0 aromatic heterocycles. The number of carbonyl (C=O) groups excluding carboxylic acids is 1. The molecule has 1 rings (SSSR count). The Morgan fingerprint density at radius 1 is 1.29 bits per heavy atom. The molecule has 1 aliphatic carbocycles. The van der Waals surface area contributed by atoms with E-state index in [2.05, 4.69) is 16.9 Å². The first-order valence-electron chi connectivity index (χ1n) is 5.13. The molecular formula is C11H20O3. The normalized spacial score (nSPS) is 13.3. The fraction of sp³-hybridized carbons (Fsp3) is 0.727. The molecular weight excluding hydrogens is 180 g/mol. The van der Waals surface area contributed by atoms with Crippen molar-refractivity contribution in [1.29, 1.82) is 0 Å². The van der Waals surface area contributed by atoms with E-state index in [9.17, 15) is 4.79 Å². The summed E-state index contributed by atoms with van der Waals surface area (Å²) in [6.45, 7) is 4.81.